The maximum absolute atomic E-state index is 10.0. The van der Waals surface area contributed by atoms with Gasteiger partial charge in [-0.25, -0.2) is 0 Å². The van der Waals surface area contributed by atoms with Crippen molar-refractivity contribution in [3.8, 4) is 0 Å². The minimum atomic E-state index is -0.638. The van der Waals surface area contributed by atoms with Gasteiger partial charge in [-0.05, 0) is 25.3 Å². The van der Waals surface area contributed by atoms with E-state index >= 15 is 0 Å². The second-order valence-electron chi connectivity index (χ2n) is 3.37. The molecule has 0 aromatic heterocycles. The summed E-state index contributed by atoms with van der Waals surface area (Å²) in [6, 6.07) is 9.33. The van der Waals surface area contributed by atoms with Gasteiger partial charge < -0.3 is 9.84 Å². The van der Waals surface area contributed by atoms with Crippen molar-refractivity contribution >= 4 is 6.47 Å². The van der Waals surface area contributed by atoms with Crippen molar-refractivity contribution in [2.45, 2.75) is 19.1 Å². The molecule has 0 unspecified atom stereocenters. The van der Waals surface area contributed by atoms with E-state index in [-0.39, 0.29) is 6.10 Å². The van der Waals surface area contributed by atoms with Crippen LogP contribution in [0.2, 0.25) is 0 Å². The second-order valence-corrected chi connectivity index (χ2v) is 3.37. The minimum absolute atomic E-state index is 0.281. The first kappa shape index (κ1) is 12.7. The minimum Gasteiger partial charge on any atom is -0.465 e. The number of aliphatic hydroxyl groups is 1. The molecule has 0 spiro atoms. The molecule has 2 atom stereocenters. The van der Waals surface area contributed by atoms with Crippen LogP contribution in [0.1, 0.15) is 18.6 Å². The fraction of sp³-hybridized carbons (Fsp3) is 0.231. The molecule has 0 fully saturated rings. The molecule has 0 bridgehead atoms. The van der Waals surface area contributed by atoms with E-state index in [1.807, 2.05) is 30.3 Å². The summed E-state index contributed by atoms with van der Waals surface area (Å²) < 4.78 is 4.66. The molecule has 3 radical (unpaired) electrons. The second kappa shape index (κ2) is 7.01. The number of carbonyl (C=O) groups is 1. The van der Waals surface area contributed by atoms with Gasteiger partial charge in [0, 0.05) is 6.42 Å². The maximum Gasteiger partial charge on any atom is 0.293 e. The Hall–Kier alpha value is -1.35. The molecule has 0 amide bonds. The van der Waals surface area contributed by atoms with Crippen LogP contribution in [0.25, 0.3) is 0 Å². The summed E-state index contributed by atoms with van der Waals surface area (Å²) in [5.74, 6) is 0. The Morgan fingerprint density at radius 2 is 1.94 bits per heavy atom. The van der Waals surface area contributed by atoms with E-state index in [1.54, 1.807) is 26.2 Å². The van der Waals surface area contributed by atoms with Crippen molar-refractivity contribution in [2.75, 3.05) is 0 Å². The number of benzene rings is 1. The molecule has 1 N–H and O–H groups in total. The van der Waals surface area contributed by atoms with Crippen LogP contribution >= 0.6 is 0 Å². The Morgan fingerprint density at radius 3 is 2.56 bits per heavy atom. The maximum atomic E-state index is 10.0. The highest BCUT2D eigenvalue weighted by molar-refractivity contribution is 5.37. The van der Waals surface area contributed by atoms with E-state index in [1.165, 1.54) is 0 Å². The number of carbonyl (C=O) groups excluding carboxylic acids is 1. The quantitative estimate of drug-likeness (QED) is 0.712. The molecular weight excluding hydrogens is 204 g/mol. The van der Waals surface area contributed by atoms with Crippen molar-refractivity contribution in [3.63, 3.8) is 0 Å². The van der Waals surface area contributed by atoms with Gasteiger partial charge in [0.2, 0.25) is 0 Å². The molecular formula is C13H15O3. The Labute approximate surface area is 96.1 Å². The Balaban J connectivity index is 2.25. The zero-order valence-corrected chi connectivity index (χ0v) is 9.11. The third kappa shape index (κ3) is 4.45. The average molecular weight is 219 g/mol. The molecule has 0 saturated carbocycles. The summed E-state index contributed by atoms with van der Waals surface area (Å²) in [4.78, 5) is 10.0. The van der Waals surface area contributed by atoms with Crippen molar-refractivity contribution in [2.24, 2.45) is 0 Å². The van der Waals surface area contributed by atoms with Crippen LogP contribution in [0, 0.1) is 19.3 Å². The van der Waals surface area contributed by atoms with Gasteiger partial charge in [-0.15, -0.1) is 0 Å². The zero-order chi connectivity index (χ0) is 11.8. The lowest BCUT2D eigenvalue weighted by atomic mass is 10.0. The van der Waals surface area contributed by atoms with Crippen LogP contribution in [0.5, 0.6) is 0 Å². The predicted octanol–water partition coefficient (Wildman–Crippen LogP) is 1.89. The van der Waals surface area contributed by atoms with E-state index < -0.39 is 6.10 Å². The van der Waals surface area contributed by atoms with Crippen molar-refractivity contribution < 1.29 is 14.6 Å². The number of aliphatic hydroxyl groups excluding tert-OH is 1. The van der Waals surface area contributed by atoms with Gasteiger partial charge >= 0.3 is 0 Å². The van der Waals surface area contributed by atoms with Crippen LogP contribution in [-0.4, -0.2) is 17.7 Å². The fourth-order valence-electron chi connectivity index (χ4n) is 1.22. The lowest BCUT2D eigenvalue weighted by Crippen LogP contribution is -2.09. The van der Waals surface area contributed by atoms with Gasteiger partial charge in [-0.2, -0.15) is 0 Å². The fourth-order valence-corrected chi connectivity index (χ4v) is 1.22. The Bertz CT molecular complexity index is 297. The molecule has 1 rings (SSSR count). The van der Waals surface area contributed by atoms with E-state index in [4.69, 9.17) is 0 Å². The molecule has 0 aliphatic heterocycles. The van der Waals surface area contributed by atoms with Gasteiger partial charge in [0.25, 0.3) is 6.47 Å². The third-order valence-electron chi connectivity index (χ3n) is 2.09. The third-order valence-corrected chi connectivity index (χ3v) is 2.09. The van der Waals surface area contributed by atoms with Crippen LogP contribution in [0.3, 0.4) is 0 Å². The zero-order valence-electron chi connectivity index (χ0n) is 9.11. The van der Waals surface area contributed by atoms with Crippen LogP contribution < -0.4 is 0 Å². The molecule has 0 aliphatic carbocycles. The molecule has 0 saturated heterocycles. The first-order valence-corrected chi connectivity index (χ1v) is 5.08. The van der Waals surface area contributed by atoms with Gasteiger partial charge in [0.15, 0.2) is 0 Å². The SMILES string of the molecule is C[C@@H]([CH][CH][CH][C@H](O)c1ccccc1)OC=O. The highest BCUT2D eigenvalue weighted by Gasteiger charge is 2.09. The molecule has 0 aliphatic rings. The topological polar surface area (TPSA) is 46.5 Å². The summed E-state index contributed by atoms with van der Waals surface area (Å²) in [6.07, 6.45) is 4.10. The first-order valence-electron chi connectivity index (χ1n) is 5.08. The van der Waals surface area contributed by atoms with Crippen LogP contribution in [-0.2, 0) is 9.53 Å². The lowest BCUT2D eigenvalue weighted by Gasteiger charge is -2.12. The summed E-state index contributed by atoms with van der Waals surface area (Å²) in [6.45, 7) is 2.15. The summed E-state index contributed by atoms with van der Waals surface area (Å²) in [5.41, 5.74) is 0.830. The monoisotopic (exact) mass is 219 g/mol. The highest BCUT2D eigenvalue weighted by Crippen LogP contribution is 2.17. The van der Waals surface area contributed by atoms with Crippen LogP contribution in [0.4, 0.5) is 0 Å². The largest absolute Gasteiger partial charge is 0.465 e. The van der Waals surface area contributed by atoms with Gasteiger partial charge in [-0.1, -0.05) is 30.3 Å². The van der Waals surface area contributed by atoms with Gasteiger partial charge in [-0.3, -0.25) is 4.79 Å². The molecule has 1 aromatic carbocycles. The Kier molecular flexibility index (Phi) is 5.57. The molecule has 16 heavy (non-hydrogen) atoms. The highest BCUT2D eigenvalue weighted by atomic mass is 16.5. The first-order chi connectivity index (χ1) is 7.74. The van der Waals surface area contributed by atoms with E-state index in [2.05, 4.69) is 4.74 Å². The lowest BCUT2D eigenvalue weighted by molar-refractivity contribution is -0.131. The smallest absolute Gasteiger partial charge is 0.293 e. The van der Waals surface area contributed by atoms with E-state index in [0.29, 0.717) is 6.47 Å². The van der Waals surface area contributed by atoms with Crippen LogP contribution in [0.15, 0.2) is 30.3 Å². The summed E-state index contributed by atoms with van der Waals surface area (Å²) >= 11 is 0. The predicted molar refractivity (Wildman–Crippen MR) is 60.9 cm³/mol. The number of ether oxygens (including phenoxy) is 1. The standard InChI is InChI=1S/C13H15O3/c1-11(16-10-14)6-5-9-13(15)12-7-3-2-4-8-12/h2-11,13,15H,1H3/t11-,13-/m0/s1. The molecule has 3 nitrogen and oxygen atoms in total. The van der Waals surface area contributed by atoms with E-state index in [0.717, 1.165) is 5.56 Å². The number of hydrogen-bond acceptors (Lipinski definition) is 3. The molecule has 1 aromatic rings. The number of rotatable bonds is 7. The molecule has 3 heteroatoms. The van der Waals surface area contributed by atoms with Gasteiger partial charge in [0.1, 0.15) is 6.10 Å². The summed E-state index contributed by atoms with van der Waals surface area (Å²) in [7, 11) is 0. The van der Waals surface area contributed by atoms with Crippen molar-refractivity contribution in [1.82, 2.24) is 0 Å². The average Bonchev–Trinajstić information content (AvgIpc) is 2.30. The normalized spacial score (nSPS) is 14.1. The van der Waals surface area contributed by atoms with Gasteiger partial charge in [0.05, 0.1) is 6.10 Å². The van der Waals surface area contributed by atoms with E-state index in [9.17, 15) is 9.90 Å². The number of hydrogen-bond donors (Lipinski definition) is 1. The Morgan fingerprint density at radius 1 is 1.25 bits per heavy atom. The molecule has 85 valence electrons. The summed E-state index contributed by atoms with van der Waals surface area (Å²) in [5, 5.41) is 9.75. The molecule has 0 heterocycles. The van der Waals surface area contributed by atoms with Crippen molar-refractivity contribution in [3.05, 3.63) is 55.2 Å². The van der Waals surface area contributed by atoms with Crippen molar-refractivity contribution in [1.29, 1.82) is 0 Å².